The van der Waals surface area contributed by atoms with Crippen LogP contribution < -0.4 is 0 Å². The van der Waals surface area contributed by atoms with Gasteiger partial charge in [-0.25, -0.2) is 0 Å². The van der Waals surface area contributed by atoms with Crippen LogP contribution in [0.4, 0.5) is 0 Å². The monoisotopic (exact) mass is 435 g/mol. The summed E-state index contributed by atoms with van der Waals surface area (Å²) in [6.07, 6.45) is 2.13. The Labute approximate surface area is 167 Å². The van der Waals surface area contributed by atoms with Crippen LogP contribution in [-0.4, -0.2) is 47.9 Å². The lowest BCUT2D eigenvalue weighted by Crippen LogP contribution is -2.49. The standard InChI is InChI=1S/C9H16O6Si.C7H11O4Si/c1-5-6-16(13-7(2)10,14-8(3)11)15-9(4)12;1-4-5-12(10-6(2)8)11-7(3)9/h5-6H2,1-4H3;4H,1,5H2,2-3H3. The van der Waals surface area contributed by atoms with Gasteiger partial charge in [-0.15, -0.1) is 6.58 Å². The molecule has 0 rings (SSSR count). The predicted octanol–water partition coefficient (Wildman–Crippen LogP) is 1.81. The highest BCUT2D eigenvalue weighted by atomic mass is 28.4. The molecule has 0 heterocycles. The summed E-state index contributed by atoms with van der Waals surface area (Å²) in [6.45, 7) is 11.3. The third-order valence-electron chi connectivity index (χ3n) is 2.28. The summed E-state index contributed by atoms with van der Waals surface area (Å²) in [6, 6.07) is 0.634. The molecular weight excluding hydrogens is 408 g/mol. The van der Waals surface area contributed by atoms with Gasteiger partial charge in [0.25, 0.3) is 29.8 Å². The highest BCUT2D eigenvalue weighted by molar-refractivity contribution is 6.65. The third-order valence-corrected chi connectivity index (χ3v) is 6.84. The minimum Gasteiger partial charge on any atom is -0.483 e. The van der Waals surface area contributed by atoms with Crippen molar-refractivity contribution < 1.29 is 46.1 Å². The molecule has 0 aromatic carbocycles. The second-order valence-corrected chi connectivity index (χ2v) is 9.30. The van der Waals surface area contributed by atoms with E-state index >= 15 is 0 Å². The molecule has 0 bridgehead atoms. The van der Waals surface area contributed by atoms with Crippen molar-refractivity contribution in [2.75, 3.05) is 0 Å². The minimum absolute atomic E-state index is 0.228. The zero-order chi connectivity index (χ0) is 22.3. The topological polar surface area (TPSA) is 132 Å². The maximum Gasteiger partial charge on any atom is 0.705 e. The van der Waals surface area contributed by atoms with E-state index in [9.17, 15) is 24.0 Å². The summed E-state index contributed by atoms with van der Waals surface area (Å²) >= 11 is 0. The lowest BCUT2D eigenvalue weighted by atomic mass is 10.6. The maximum atomic E-state index is 10.9. The zero-order valence-electron chi connectivity index (χ0n) is 17.0. The van der Waals surface area contributed by atoms with Crippen molar-refractivity contribution in [2.24, 2.45) is 0 Å². The van der Waals surface area contributed by atoms with Crippen LogP contribution >= 0.6 is 0 Å². The van der Waals surface area contributed by atoms with E-state index < -0.39 is 47.9 Å². The van der Waals surface area contributed by atoms with Crippen molar-refractivity contribution >= 4 is 47.9 Å². The van der Waals surface area contributed by atoms with E-state index in [1.54, 1.807) is 13.0 Å². The fourth-order valence-electron chi connectivity index (χ4n) is 1.72. The van der Waals surface area contributed by atoms with Gasteiger partial charge < -0.3 is 22.1 Å². The maximum absolute atomic E-state index is 10.9. The molecule has 0 atom stereocenters. The number of hydrogen-bond donors (Lipinski definition) is 0. The van der Waals surface area contributed by atoms with Crippen LogP contribution in [0, 0.1) is 0 Å². The van der Waals surface area contributed by atoms with E-state index in [2.05, 4.69) is 6.58 Å². The van der Waals surface area contributed by atoms with Crippen molar-refractivity contribution in [3.8, 4) is 0 Å². The van der Waals surface area contributed by atoms with E-state index in [4.69, 9.17) is 22.1 Å². The smallest absolute Gasteiger partial charge is 0.483 e. The summed E-state index contributed by atoms with van der Waals surface area (Å²) in [4.78, 5) is 53.8. The summed E-state index contributed by atoms with van der Waals surface area (Å²) < 4.78 is 24.2. The third kappa shape index (κ3) is 15.8. The molecule has 0 N–H and O–H groups in total. The highest BCUT2D eigenvalue weighted by Crippen LogP contribution is 2.18. The summed E-state index contributed by atoms with van der Waals surface area (Å²) in [5, 5.41) is 0. The molecule has 12 heteroatoms. The predicted molar refractivity (Wildman–Crippen MR) is 100 cm³/mol. The van der Waals surface area contributed by atoms with Gasteiger partial charge in [0, 0.05) is 40.7 Å². The molecule has 0 spiro atoms. The number of rotatable bonds is 9. The summed E-state index contributed by atoms with van der Waals surface area (Å²) in [7, 11) is -5.35. The average molecular weight is 436 g/mol. The van der Waals surface area contributed by atoms with Crippen LogP contribution in [0.25, 0.3) is 0 Å². The van der Waals surface area contributed by atoms with Crippen LogP contribution in [0.15, 0.2) is 12.7 Å². The summed E-state index contributed by atoms with van der Waals surface area (Å²) in [5.74, 6) is -2.79. The van der Waals surface area contributed by atoms with Crippen LogP contribution in [0.5, 0.6) is 0 Å². The Morgan fingerprint density at radius 1 is 0.786 bits per heavy atom. The highest BCUT2D eigenvalue weighted by Gasteiger charge is 2.50. The van der Waals surface area contributed by atoms with E-state index in [1.165, 1.54) is 34.6 Å². The molecule has 0 saturated heterocycles. The van der Waals surface area contributed by atoms with E-state index in [0.717, 1.165) is 0 Å². The SMILES string of the molecule is C=CC[Si](OC(C)=O)OC(C)=O.CCC[Si](OC(C)=O)(OC(C)=O)OC(C)=O. The molecule has 1 radical (unpaired) electrons. The van der Waals surface area contributed by atoms with E-state index in [-0.39, 0.29) is 6.04 Å². The van der Waals surface area contributed by atoms with Gasteiger partial charge in [-0.3, -0.25) is 24.0 Å². The quantitative estimate of drug-likeness (QED) is 0.390. The van der Waals surface area contributed by atoms with Gasteiger partial charge in [-0.1, -0.05) is 13.0 Å². The Hall–Kier alpha value is -2.48. The van der Waals surface area contributed by atoms with Crippen molar-refractivity contribution in [3.63, 3.8) is 0 Å². The molecule has 0 aliphatic heterocycles. The Morgan fingerprint density at radius 2 is 1.14 bits per heavy atom. The minimum atomic E-state index is -3.53. The van der Waals surface area contributed by atoms with Gasteiger partial charge in [0.05, 0.1) is 6.04 Å². The average Bonchev–Trinajstić information content (AvgIpc) is 2.44. The Kier molecular flexibility index (Phi) is 14.4. The number of hydrogen-bond acceptors (Lipinski definition) is 10. The van der Waals surface area contributed by atoms with Gasteiger partial charge in [0.2, 0.25) is 0 Å². The first-order valence-electron chi connectivity index (χ1n) is 8.29. The molecule has 28 heavy (non-hydrogen) atoms. The normalized spacial score (nSPS) is 9.96. The molecule has 0 aromatic heterocycles. The first-order valence-corrected chi connectivity index (χ1v) is 11.7. The lowest BCUT2D eigenvalue weighted by Gasteiger charge is -2.25. The fraction of sp³-hybridized carbons (Fsp3) is 0.562. The van der Waals surface area contributed by atoms with Gasteiger partial charge in [0.1, 0.15) is 0 Å². The first-order chi connectivity index (χ1) is 12.9. The van der Waals surface area contributed by atoms with Gasteiger partial charge >= 0.3 is 18.1 Å². The Bertz CT molecular complexity index is 519. The summed E-state index contributed by atoms with van der Waals surface area (Å²) in [5.41, 5.74) is 0. The van der Waals surface area contributed by atoms with Crippen LogP contribution in [0.1, 0.15) is 48.0 Å². The van der Waals surface area contributed by atoms with Gasteiger partial charge in [-0.05, 0) is 6.42 Å². The van der Waals surface area contributed by atoms with Gasteiger partial charge in [0.15, 0.2) is 0 Å². The molecule has 0 fully saturated rings. The van der Waals surface area contributed by atoms with Gasteiger partial charge in [-0.2, -0.15) is 0 Å². The number of carbonyl (C=O) groups excluding carboxylic acids is 5. The lowest BCUT2D eigenvalue weighted by molar-refractivity contribution is -0.148. The Balaban J connectivity index is 0. The second kappa shape index (κ2) is 14.6. The fourth-order valence-corrected chi connectivity index (χ4v) is 5.16. The molecule has 0 aromatic rings. The van der Waals surface area contributed by atoms with Crippen molar-refractivity contribution in [1.82, 2.24) is 0 Å². The first kappa shape index (κ1) is 27.7. The molecule has 159 valence electrons. The number of carbonyl (C=O) groups is 5. The molecule has 0 aliphatic rings. The van der Waals surface area contributed by atoms with Crippen molar-refractivity contribution in [2.45, 2.75) is 60.1 Å². The van der Waals surface area contributed by atoms with E-state index in [0.29, 0.717) is 12.5 Å². The van der Waals surface area contributed by atoms with Crippen molar-refractivity contribution in [3.05, 3.63) is 12.7 Å². The molecular formula is C16H27O10Si2. The second-order valence-electron chi connectivity index (χ2n) is 5.27. The molecule has 0 aliphatic carbocycles. The van der Waals surface area contributed by atoms with Crippen LogP contribution in [0.3, 0.4) is 0 Å². The van der Waals surface area contributed by atoms with Crippen molar-refractivity contribution in [1.29, 1.82) is 0 Å². The molecule has 10 nitrogen and oxygen atoms in total. The molecule has 0 amide bonds. The zero-order valence-corrected chi connectivity index (χ0v) is 19.0. The molecule has 0 saturated carbocycles. The van der Waals surface area contributed by atoms with Crippen LogP contribution in [-0.2, 0) is 46.1 Å². The largest absolute Gasteiger partial charge is 0.705 e. The Morgan fingerprint density at radius 3 is 1.36 bits per heavy atom. The molecule has 0 unspecified atom stereocenters. The van der Waals surface area contributed by atoms with Crippen LogP contribution in [0.2, 0.25) is 12.1 Å². The number of allylic oxidation sites excluding steroid dienone is 1. The van der Waals surface area contributed by atoms with E-state index in [1.807, 2.05) is 0 Å².